The van der Waals surface area contributed by atoms with Gasteiger partial charge >= 0.3 is 5.97 Å². The minimum absolute atomic E-state index is 0.122. The molecule has 0 saturated carbocycles. The summed E-state index contributed by atoms with van der Waals surface area (Å²) in [7, 11) is 0. The van der Waals surface area contributed by atoms with Crippen molar-refractivity contribution in [3.63, 3.8) is 0 Å². The summed E-state index contributed by atoms with van der Waals surface area (Å²) in [5, 5.41) is 11.4. The fraction of sp³-hybridized carbons (Fsp3) is 0.429. The van der Waals surface area contributed by atoms with Crippen molar-refractivity contribution in [2.24, 2.45) is 0 Å². The number of unbranched alkanes of at least 4 members (excludes halogenated alkanes) is 1. The predicted molar refractivity (Wildman–Crippen MR) is 69.6 cm³/mol. The standard InChI is InChI=1S/C14H18FNO3/c1-3-4-5-12(14(18)19)16-13(17)10-8-9(2)6-7-11(10)15/h6-8,12H,3-5H2,1-2H3,(H,16,17)(H,18,19). The normalized spacial score (nSPS) is 11.9. The molecule has 19 heavy (non-hydrogen) atoms. The van der Waals surface area contributed by atoms with Crippen LogP contribution in [0.3, 0.4) is 0 Å². The average molecular weight is 267 g/mol. The van der Waals surface area contributed by atoms with Crippen LogP contribution in [0.15, 0.2) is 18.2 Å². The van der Waals surface area contributed by atoms with Gasteiger partial charge in [-0.1, -0.05) is 31.4 Å². The smallest absolute Gasteiger partial charge is 0.326 e. The number of carboxylic acid groups (broad SMARTS) is 1. The molecular weight excluding hydrogens is 249 g/mol. The molecule has 0 heterocycles. The van der Waals surface area contributed by atoms with Crippen molar-refractivity contribution in [3.05, 3.63) is 35.1 Å². The summed E-state index contributed by atoms with van der Waals surface area (Å²) in [5.41, 5.74) is 0.620. The van der Waals surface area contributed by atoms with E-state index in [1.165, 1.54) is 12.1 Å². The van der Waals surface area contributed by atoms with Gasteiger partial charge < -0.3 is 10.4 Å². The molecule has 2 N–H and O–H groups in total. The van der Waals surface area contributed by atoms with Crippen molar-refractivity contribution in [2.45, 2.75) is 39.2 Å². The molecule has 1 aromatic carbocycles. The van der Waals surface area contributed by atoms with Gasteiger partial charge in [-0.15, -0.1) is 0 Å². The summed E-state index contributed by atoms with van der Waals surface area (Å²) < 4.78 is 13.5. The van der Waals surface area contributed by atoms with Crippen molar-refractivity contribution in [1.82, 2.24) is 5.32 Å². The number of hydrogen-bond donors (Lipinski definition) is 2. The average Bonchev–Trinajstić information content (AvgIpc) is 2.36. The molecule has 4 nitrogen and oxygen atoms in total. The van der Waals surface area contributed by atoms with E-state index in [1.54, 1.807) is 13.0 Å². The Hall–Kier alpha value is -1.91. The number of carboxylic acids is 1. The molecule has 104 valence electrons. The zero-order valence-electron chi connectivity index (χ0n) is 11.1. The second-order valence-electron chi connectivity index (χ2n) is 4.49. The first-order valence-corrected chi connectivity index (χ1v) is 6.25. The maximum absolute atomic E-state index is 13.5. The maximum atomic E-state index is 13.5. The molecule has 5 heteroatoms. The van der Waals surface area contributed by atoms with Gasteiger partial charge in [0, 0.05) is 0 Å². The molecule has 0 aliphatic carbocycles. The van der Waals surface area contributed by atoms with Gasteiger partial charge in [-0.05, 0) is 25.5 Å². The van der Waals surface area contributed by atoms with Crippen LogP contribution in [-0.2, 0) is 4.79 Å². The van der Waals surface area contributed by atoms with Gasteiger partial charge in [0.15, 0.2) is 0 Å². The van der Waals surface area contributed by atoms with Gasteiger partial charge in [0.1, 0.15) is 11.9 Å². The predicted octanol–water partition coefficient (Wildman–Crippen LogP) is 2.51. The Morgan fingerprint density at radius 2 is 2.11 bits per heavy atom. The van der Waals surface area contributed by atoms with Gasteiger partial charge in [0.2, 0.25) is 0 Å². The van der Waals surface area contributed by atoms with Crippen LogP contribution in [0.5, 0.6) is 0 Å². The van der Waals surface area contributed by atoms with Crippen LogP contribution < -0.4 is 5.32 Å². The summed E-state index contributed by atoms with van der Waals surface area (Å²) in [6, 6.07) is 3.18. The highest BCUT2D eigenvalue weighted by Crippen LogP contribution is 2.11. The van der Waals surface area contributed by atoms with Gasteiger partial charge in [0.25, 0.3) is 5.91 Å². The zero-order valence-corrected chi connectivity index (χ0v) is 11.1. The first-order chi connectivity index (χ1) is 8.95. The maximum Gasteiger partial charge on any atom is 0.326 e. The van der Waals surface area contributed by atoms with E-state index in [1.807, 2.05) is 6.92 Å². The lowest BCUT2D eigenvalue weighted by atomic mass is 10.1. The Morgan fingerprint density at radius 3 is 2.68 bits per heavy atom. The zero-order chi connectivity index (χ0) is 14.4. The number of aryl methyl sites for hydroxylation is 1. The quantitative estimate of drug-likeness (QED) is 0.832. The fourth-order valence-corrected chi connectivity index (χ4v) is 1.71. The van der Waals surface area contributed by atoms with Gasteiger partial charge in [-0.25, -0.2) is 9.18 Å². The number of hydrogen-bond acceptors (Lipinski definition) is 2. The van der Waals surface area contributed by atoms with Crippen LogP contribution in [0.2, 0.25) is 0 Å². The van der Waals surface area contributed by atoms with Crippen LogP contribution in [0.25, 0.3) is 0 Å². The Labute approximate surface area is 111 Å². The third-order valence-electron chi connectivity index (χ3n) is 2.82. The molecule has 0 spiro atoms. The molecule has 0 aliphatic heterocycles. The second kappa shape index (κ2) is 6.87. The van der Waals surface area contributed by atoms with Crippen LogP contribution in [0.4, 0.5) is 4.39 Å². The number of carbonyl (C=O) groups excluding carboxylic acids is 1. The minimum Gasteiger partial charge on any atom is -0.480 e. The monoisotopic (exact) mass is 267 g/mol. The largest absolute Gasteiger partial charge is 0.480 e. The van der Waals surface area contributed by atoms with E-state index >= 15 is 0 Å². The summed E-state index contributed by atoms with van der Waals surface area (Å²) in [5.74, 6) is -2.44. The number of nitrogens with one attached hydrogen (secondary N) is 1. The van der Waals surface area contributed by atoms with Crippen LogP contribution in [0.1, 0.15) is 42.1 Å². The number of halogens is 1. The lowest BCUT2D eigenvalue weighted by Gasteiger charge is -2.14. The molecule has 0 fully saturated rings. The highest BCUT2D eigenvalue weighted by molar-refractivity contribution is 5.96. The summed E-state index contributed by atoms with van der Waals surface area (Å²) >= 11 is 0. The highest BCUT2D eigenvalue weighted by Gasteiger charge is 2.21. The van der Waals surface area contributed by atoms with Crippen molar-refractivity contribution in [3.8, 4) is 0 Å². The Bertz CT molecular complexity index is 474. The van der Waals surface area contributed by atoms with Crippen LogP contribution >= 0.6 is 0 Å². The number of aliphatic carboxylic acids is 1. The first kappa shape index (κ1) is 15.1. The van der Waals surface area contributed by atoms with E-state index in [9.17, 15) is 14.0 Å². The van der Waals surface area contributed by atoms with E-state index in [0.29, 0.717) is 12.8 Å². The van der Waals surface area contributed by atoms with Crippen molar-refractivity contribution in [2.75, 3.05) is 0 Å². The SMILES string of the molecule is CCCCC(NC(=O)c1cc(C)ccc1F)C(=O)O. The molecule has 1 amide bonds. The van der Waals surface area contributed by atoms with E-state index in [4.69, 9.17) is 5.11 Å². The van der Waals surface area contributed by atoms with E-state index in [-0.39, 0.29) is 5.56 Å². The molecular formula is C14H18FNO3. The van der Waals surface area contributed by atoms with Crippen molar-refractivity contribution in [1.29, 1.82) is 0 Å². The van der Waals surface area contributed by atoms with Crippen molar-refractivity contribution >= 4 is 11.9 Å². The third-order valence-corrected chi connectivity index (χ3v) is 2.82. The topological polar surface area (TPSA) is 66.4 Å². The van der Waals surface area contributed by atoms with Crippen molar-refractivity contribution < 1.29 is 19.1 Å². The molecule has 1 unspecified atom stereocenters. The number of benzene rings is 1. The second-order valence-corrected chi connectivity index (χ2v) is 4.49. The first-order valence-electron chi connectivity index (χ1n) is 6.25. The lowest BCUT2D eigenvalue weighted by molar-refractivity contribution is -0.139. The molecule has 0 saturated heterocycles. The fourth-order valence-electron chi connectivity index (χ4n) is 1.71. The molecule has 1 atom stereocenters. The van der Waals surface area contributed by atoms with E-state index in [2.05, 4.69) is 5.32 Å². The molecule has 0 aliphatic rings. The summed E-state index contributed by atoms with van der Waals surface area (Å²) in [4.78, 5) is 22.9. The lowest BCUT2D eigenvalue weighted by Crippen LogP contribution is -2.41. The Balaban J connectivity index is 2.81. The highest BCUT2D eigenvalue weighted by atomic mass is 19.1. The summed E-state index contributed by atoms with van der Waals surface area (Å²) in [6.45, 7) is 3.67. The van der Waals surface area contributed by atoms with E-state index in [0.717, 1.165) is 12.0 Å². The molecule has 0 aromatic heterocycles. The molecule has 0 bridgehead atoms. The third kappa shape index (κ3) is 4.35. The van der Waals surface area contributed by atoms with E-state index < -0.39 is 23.7 Å². The Kier molecular flexibility index (Phi) is 5.48. The van der Waals surface area contributed by atoms with Gasteiger partial charge in [0.05, 0.1) is 5.56 Å². The number of rotatable bonds is 6. The van der Waals surface area contributed by atoms with Gasteiger partial charge in [-0.3, -0.25) is 4.79 Å². The minimum atomic E-state index is -1.10. The van der Waals surface area contributed by atoms with Crippen LogP contribution in [0, 0.1) is 12.7 Å². The molecule has 0 radical (unpaired) electrons. The number of amides is 1. The number of carbonyl (C=O) groups is 2. The molecule has 1 aromatic rings. The van der Waals surface area contributed by atoms with Gasteiger partial charge in [-0.2, -0.15) is 0 Å². The molecule has 1 rings (SSSR count). The summed E-state index contributed by atoms with van der Waals surface area (Å²) in [6.07, 6.45) is 1.86. The van der Waals surface area contributed by atoms with Crippen LogP contribution in [-0.4, -0.2) is 23.0 Å². The Morgan fingerprint density at radius 1 is 1.42 bits per heavy atom.